The van der Waals surface area contributed by atoms with Gasteiger partial charge in [-0.1, -0.05) is 25.3 Å². The third-order valence-electron chi connectivity index (χ3n) is 10.3. The highest BCUT2D eigenvalue weighted by molar-refractivity contribution is 8.16. The maximum absolute atomic E-state index is 12.7. The van der Waals surface area contributed by atoms with Gasteiger partial charge in [-0.2, -0.15) is 0 Å². The first-order valence-corrected chi connectivity index (χ1v) is 25.2. The van der Waals surface area contributed by atoms with Crippen LogP contribution in [0.15, 0.2) is 102 Å². The number of anilines is 4. The minimum atomic E-state index is -3.66. The molecule has 332 valence electrons. The number of fused-ring (bicyclic) bond motifs is 4. The first kappa shape index (κ1) is 44.3. The van der Waals surface area contributed by atoms with Crippen LogP contribution >= 0.6 is 33.4 Å². The molecule has 8 heterocycles. The zero-order valence-electron chi connectivity index (χ0n) is 33.6. The molecule has 4 aromatic heterocycles. The van der Waals surface area contributed by atoms with Crippen molar-refractivity contribution in [3.8, 4) is 33.8 Å². The van der Waals surface area contributed by atoms with Crippen LogP contribution in [-0.2, 0) is 28.5 Å². The number of halogens is 1. The second-order valence-corrected chi connectivity index (χ2v) is 20.3. The number of benzene rings is 2. The molecule has 0 amide bonds. The third kappa shape index (κ3) is 9.76. The molecule has 63 heavy (non-hydrogen) atoms. The molecule has 21 heteroatoms. The minimum absolute atomic E-state index is 0.00316. The van der Waals surface area contributed by atoms with Crippen LogP contribution in [0.3, 0.4) is 0 Å². The van der Waals surface area contributed by atoms with E-state index in [1.165, 1.54) is 33.0 Å². The topological polar surface area (TPSA) is 187 Å². The van der Waals surface area contributed by atoms with Gasteiger partial charge in [-0.3, -0.25) is 13.9 Å². The van der Waals surface area contributed by atoms with Crippen molar-refractivity contribution in [1.82, 2.24) is 0 Å². The molecule has 16 nitrogen and oxygen atoms in total. The second-order valence-electron chi connectivity index (χ2n) is 14.2. The highest BCUT2D eigenvalue weighted by Crippen LogP contribution is 2.42. The molecule has 6 aromatic rings. The fraction of sp³-hybridized carbons (Fsp3) is 0.286. The van der Waals surface area contributed by atoms with E-state index in [0.29, 0.717) is 95.3 Å². The van der Waals surface area contributed by atoms with Gasteiger partial charge in [0.15, 0.2) is 22.9 Å². The number of morpholine rings is 2. The van der Waals surface area contributed by atoms with Gasteiger partial charge < -0.3 is 42.9 Å². The molecular weight excluding hydrogens is 916 g/mol. The summed E-state index contributed by atoms with van der Waals surface area (Å²) >= 11 is 2.74. The summed E-state index contributed by atoms with van der Waals surface area (Å²) in [5, 5.41) is 8.81. The van der Waals surface area contributed by atoms with Gasteiger partial charge in [0.2, 0.25) is 10.9 Å². The lowest BCUT2D eigenvalue weighted by molar-refractivity contribution is 0.120. The monoisotopic (exact) mass is 956 g/mol. The number of sulfonamides is 1. The molecule has 4 aliphatic heterocycles. The maximum atomic E-state index is 12.7. The average molecular weight is 958 g/mol. The van der Waals surface area contributed by atoms with Gasteiger partial charge >= 0.3 is 0 Å². The first-order chi connectivity index (χ1) is 30.3. The van der Waals surface area contributed by atoms with Crippen LogP contribution < -0.4 is 39.8 Å². The van der Waals surface area contributed by atoms with E-state index in [-0.39, 0.29) is 24.0 Å². The first-order valence-electron chi connectivity index (χ1n) is 19.6. The summed E-state index contributed by atoms with van der Waals surface area (Å²) in [6, 6.07) is 14.5. The van der Waals surface area contributed by atoms with Gasteiger partial charge in [0.1, 0.15) is 34.1 Å². The number of thiophene rings is 2. The molecule has 2 saturated heterocycles. The Bertz CT molecular complexity index is 3010. The van der Waals surface area contributed by atoms with Gasteiger partial charge in [-0.25, -0.2) is 16.8 Å². The summed E-state index contributed by atoms with van der Waals surface area (Å²) < 4.78 is 81.1. The highest BCUT2D eigenvalue weighted by atomic mass is 35.7. The van der Waals surface area contributed by atoms with Crippen LogP contribution in [0.1, 0.15) is 0 Å². The van der Waals surface area contributed by atoms with E-state index in [0.717, 1.165) is 58.7 Å². The molecule has 1 N–H and O–H groups in total. The predicted molar refractivity (Wildman–Crippen MR) is 249 cm³/mol. The number of ether oxygens (including phenoxy) is 4. The van der Waals surface area contributed by atoms with Crippen LogP contribution in [0.4, 0.5) is 23.1 Å². The summed E-state index contributed by atoms with van der Waals surface area (Å²) in [7, 11) is -2.52. The van der Waals surface area contributed by atoms with Crippen molar-refractivity contribution < 1.29 is 44.6 Å². The maximum Gasteiger partial charge on any atom is 0.257 e. The predicted octanol–water partition coefficient (Wildman–Crippen LogP) is 6.89. The molecule has 0 radical (unpaired) electrons. The second kappa shape index (κ2) is 18.8. The fourth-order valence-corrected chi connectivity index (χ4v) is 9.91. The quantitative estimate of drug-likeness (QED) is 0.163. The Hall–Kier alpha value is -5.35. The fourth-order valence-electron chi connectivity index (χ4n) is 7.16. The summed E-state index contributed by atoms with van der Waals surface area (Å²) in [4.78, 5) is 29.3. The molecule has 2 aromatic carbocycles. The lowest BCUT2D eigenvalue weighted by Gasteiger charge is -2.29. The van der Waals surface area contributed by atoms with Crippen LogP contribution in [0.5, 0.6) is 11.5 Å². The van der Waals surface area contributed by atoms with E-state index in [4.69, 9.17) is 27.8 Å². The molecule has 0 spiro atoms. The van der Waals surface area contributed by atoms with Crippen LogP contribution in [0.25, 0.3) is 42.8 Å². The largest absolute Gasteiger partial charge is 0.490 e. The van der Waals surface area contributed by atoms with Crippen molar-refractivity contribution in [2.24, 2.45) is 0 Å². The van der Waals surface area contributed by atoms with E-state index in [1.807, 2.05) is 33.9 Å². The van der Waals surface area contributed by atoms with Gasteiger partial charge in [0.05, 0.1) is 44.3 Å². The normalized spacial score (nSPS) is 16.2. The molecule has 0 atom stereocenters. The molecule has 10 rings (SSSR count). The highest BCUT2D eigenvalue weighted by Gasteiger charge is 2.28. The Kier molecular flexibility index (Phi) is 13.2. The summed E-state index contributed by atoms with van der Waals surface area (Å²) in [6.45, 7) is 13.5. The van der Waals surface area contributed by atoms with E-state index in [1.54, 1.807) is 18.2 Å². The number of hydrogen-bond acceptors (Lipinski definition) is 17. The van der Waals surface area contributed by atoms with E-state index < -0.39 is 19.1 Å². The van der Waals surface area contributed by atoms with Crippen LogP contribution in [-0.4, -0.2) is 95.7 Å². The van der Waals surface area contributed by atoms with E-state index in [2.05, 4.69) is 40.1 Å². The van der Waals surface area contributed by atoms with Crippen molar-refractivity contribution in [3.63, 3.8) is 0 Å². The smallest absolute Gasteiger partial charge is 0.257 e. The average Bonchev–Trinajstić information content (AvgIpc) is 3.95. The lowest BCUT2D eigenvalue weighted by Crippen LogP contribution is -2.36. The molecule has 2 fully saturated rings. The molecule has 0 unspecified atom stereocenters. The number of rotatable bonds is 7. The van der Waals surface area contributed by atoms with Crippen molar-refractivity contribution in [2.45, 2.75) is 0 Å². The van der Waals surface area contributed by atoms with Crippen molar-refractivity contribution >= 4 is 96.1 Å². The SMILES string of the molecule is C=CS(=O)(=O)Cl.C=CS(=O)(=O)N1CCOc2ccc(-c3csc4c(=O)cc(N5CCOCC5)oc34)cc21.O=c1cc(N2CCOCC2)oc2c(-c3ccc4c(c3)NCCO4)csc12. The Balaban J connectivity index is 0.000000155. The van der Waals surface area contributed by atoms with Gasteiger partial charge in [-0.15, -0.1) is 22.7 Å². The zero-order valence-corrected chi connectivity index (χ0v) is 37.6. The third-order valence-corrected chi connectivity index (χ3v) is 14.4. The lowest BCUT2D eigenvalue weighted by atomic mass is 10.1. The Morgan fingerprint density at radius 1 is 0.651 bits per heavy atom. The van der Waals surface area contributed by atoms with Crippen molar-refractivity contribution in [3.05, 3.63) is 104 Å². The van der Waals surface area contributed by atoms with Gasteiger partial charge in [0.25, 0.3) is 19.1 Å². The van der Waals surface area contributed by atoms with Crippen molar-refractivity contribution in [1.29, 1.82) is 0 Å². The number of hydrogen-bond donors (Lipinski definition) is 1. The van der Waals surface area contributed by atoms with Gasteiger partial charge in [0, 0.05) is 88.2 Å². The van der Waals surface area contributed by atoms with Crippen molar-refractivity contribution in [2.75, 3.05) is 98.3 Å². The molecular formula is C42H41ClN4O12S4. The minimum Gasteiger partial charge on any atom is -0.490 e. The van der Waals surface area contributed by atoms with Crippen LogP contribution in [0.2, 0.25) is 0 Å². The number of nitrogens with zero attached hydrogens (tertiary/aromatic N) is 3. The summed E-state index contributed by atoms with van der Waals surface area (Å²) in [5.74, 6) is 2.47. The number of nitrogens with one attached hydrogen (secondary N) is 1. The molecule has 0 bridgehead atoms. The molecule has 4 aliphatic rings. The van der Waals surface area contributed by atoms with Crippen LogP contribution in [0, 0.1) is 0 Å². The summed E-state index contributed by atoms with van der Waals surface area (Å²) in [5.41, 5.74) is 5.88. The molecule has 0 aliphatic carbocycles. The zero-order chi connectivity index (χ0) is 44.3. The Labute approximate surface area is 374 Å². The Morgan fingerprint density at radius 3 is 1.68 bits per heavy atom. The van der Waals surface area contributed by atoms with E-state index >= 15 is 0 Å². The summed E-state index contributed by atoms with van der Waals surface area (Å²) in [6.07, 6.45) is 0. The Morgan fingerprint density at radius 2 is 1.16 bits per heavy atom. The standard InChI is InChI=1S/C21H20N2O6S2.C19H18N2O4S.C2H3ClO2S/c1-2-31(25,26)23-7-10-28-18-4-3-14(11-16(18)23)15-13-30-21-17(24)12-19(29-20(15)21)22-5-8-27-9-6-22;22-15-10-17(21-4-7-23-8-5-21)25-18-13(11-26-19(15)18)12-1-2-16-14(9-12)20-3-6-24-16;1-2-6(3,4)5/h2-4,11-13H,1,5-10H2;1-2,9-11,20H,3-8H2;2H,1H2. The van der Waals surface area contributed by atoms with E-state index in [9.17, 15) is 26.4 Å². The van der Waals surface area contributed by atoms with Gasteiger partial charge in [-0.05, 0) is 35.4 Å². The molecule has 0 saturated carbocycles.